The highest BCUT2D eigenvalue weighted by atomic mass is 32.1. The molecule has 0 aliphatic carbocycles. The Kier molecular flexibility index (Phi) is 1.96. The lowest BCUT2D eigenvalue weighted by Gasteiger charge is -2.15. The van der Waals surface area contributed by atoms with Crippen molar-refractivity contribution in [3.05, 3.63) is 16.6 Å². The van der Waals surface area contributed by atoms with E-state index in [1.807, 2.05) is 23.1 Å². The molecular weight excluding hydrogens is 192 g/mol. The van der Waals surface area contributed by atoms with Gasteiger partial charge in [0.2, 0.25) is 0 Å². The Morgan fingerprint density at radius 1 is 1.36 bits per heavy atom. The van der Waals surface area contributed by atoms with Crippen LogP contribution in [-0.4, -0.2) is 9.78 Å². The molecule has 0 saturated heterocycles. The van der Waals surface area contributed by atoms with E-state index in [4.69, 9.17) is 0 Å². The molecule has 2 aromatic rings. The van der Waals surface area contributed by atoms with Crippen molar-refractivity contribution in [2.45, 2.75) is 33.1 Å². The largest absolute Gasteiger partial charge is 0.271 e. The minimum absolute atomic E-state index is 0.239. The highest BCUT2D eigenvalue weighted by Gasteiger charge is 2.19. The fourth-order valence-electron chi connectivity index (χ4n) is 1.47. The van der Waals surface area contributed by atoms with Crippen LogP contribution >= 0.6 is 11.3 Å². The van der Waals surface area contributed by atoms with Crippen molar-refractivity contribution in [3.63, 3.8) is 0 Å². The van der Waals surface area contributed by atoms with Crippen LogP contribution in [0.2, 0.25) is 0 Å². The lowest BCUT2D eigenvalue weighted by Crippen LogP contribution is -2.08. The summed E-state index contributed by atoms with van der Waals surface area (Å²) >= 11 is 1.81. The summed E-state index contributed by atoms with van der Waals surface area (Å²) < 4.78 is 1.95. The van der Waals surface area contributed by atoms with Gasteiger partial charge in [0.25, 0.3) is 0 Å². The zero-order valence-corrected chi connectivity index (χ0v) is 10.2. The first-order valence-corrected chi connectivity index (χ1v) is 5.65. The zero-order valence-electron chi connectivity index (χ0n) is 9.38. The fraction of sp³-hybridized carbons (Fsp3) is 0.545. The van der Waals surface area contributed by atoms with Gasteiger partial charge in [-0.15, -0.1) is 11.3 Å². The summed E-state index contributed by atoms with van der Waals surface area (Å²) in [4.78, 5) is 2.58. The first kappa shape index (κ1) is 9.71. The topological polar surface area (TPSA) is 17.8 Å². The molecule has 0 N–H and O–H groups in total. The number of rotatable bonds is 0. The maximum absolute atomic E-state index is 4.48. The van der Waals surface area contributed by atoms with E-state index in [1.165, 1.54) is 16.0 Å². The van der Waals surface area contributed by atoms with Crippen molar-refractivity contribution in [3.8, 4) is 0 Å². The van der Waals surface area contributed by atoms with Crippen molar-refractivity contribution in [2.24, 2.45) is 7.05 Å². The van der Waals surface area contributed by atoms with E-state index in [-0.39, 0.29) is 5.41 Å². The Morgan fingerprint density at radius 2 is 2.00 bits per heavy atom. The second-order valence-electron chi connectivity index (χ2n) is 4.79. The maximum Gasteiger partial charge on any atom is 0.146 e. The Morgan fingerprint density at radius 3 is 2.50 bits per heavy atom. The van der Waals surface area contributed by atoms with E-state index >= 15 is 0 Å². The van der Waals surface area contributed by atoms with E-state index in [0.717, 1.165) is 4.83 Å². The van der Waals surface area contributed by atoms with Gasteiger partial charge in [0.1, 0.15) is 4.83 Å². The van der Waals surface area contributed by atoms with Crippen LogP contribution in [0.4, 0.5) is 0 Å². The minimum Gasteiger partial charge on any atom is -0.271 e. The molecule has 0 saturated carbocycles. The summed E-state index contributed by atoms with van der Waals surface area (Å²) in [5.41, 5.74) is 1.50. The number of aromatic nitrogens is 2. The third kappa shape index (κ3) is 1.36. The van der Waals surface area contributed by atoms with Crippen LogP contribution in [0, 0.1) is 6.92 Å². The van der Waals surface area contributed by atoms with Crippen LogP contribution in [-0.2, 0) is 12.5 Å². The predicted octanol–water partition coefficient (Wildman–Crippen LogP) is 3.24. The number of nitrogens with zero attached hydrogens (tertiary/aromatic N) is 2. The van der Waals surface area contributed by atoms with E-state index in [9.17, 15) is 0 Å². The molecule has 0 amide bonds. The van der Waals surface area contributed by atoms with Gasteiger partial charge >= 0.3 is 0 Å². The zero-order chi connectivity index (χ0) is 10.5. The van der Waals surface area contributed by atoms with Crippen molar-refractivity contribution >= 4 is 21.6 Å². The van der Waals surface area contributed by atoms with E-state index in [2.05, 4.69) is 38.9 Å². The molecule has 0 aromatic carbocycles. The fourth-order valence-corrected chi connectivity index (χ4v) is 2.64. The molecule has 0 spiro atoms. The van der Waals surface area contributed by atoms with Crippen molar-refractivity contribution in [2.75, 3.05) is 0 Å². The van der Waals surface area contributed by atoms with Crippen LogP contribution in [0.25, 0.3) is 10.2 Å². The monoisotopic (exact) mass is 208 g/mol. The minimum atomic E-state index is 0.239. The summed E-state index contributed by atoms with van der Waals surface area (Å²) in [7, 11) is 2.00. The van der Waals surface area contributed by atoms with Gasteiger partial charge < -0.3 is 0 Å². The van der Waals surface area contributed by atoms with Crippen LogP contribution in [0.5, 0.6) is 0 Å². The summed E-state index contributed by atoms with van der Waals surface area (Å²) in [6, 6.07) is 2.28. The molecular formula is C11H16N2S. The lowest BCUT2D eigenvalue weighted by molar-refractivity contribution is 0.604. The number of thiophene rings is 1. The highest BCUT2D eigenvalue weighted by Crippen LogP contribution is 2.34. The van der Waals surface area contributed by atoms with E-state index in [0.29, 0.717) is 0 Å². The third-order valence-corrected chi connectivity index (χ3v) is 4.01. The summed E-state index contributed by atoms with van der Waals surface area (Å²) in [5.74, 6) is 0. The Bertz CT molecular complexity index is 471. The predicted molar refractivity (Wildman–Crippen MR) is 62.0 cm³/mol. The van der Waals surface area contributed by atoms with Gasteiger partial charge in [0, 0.05) is 23.0 Å². The first-order chi connectivity index (χ1) is 6.39. The van der Waals surface area contributed by atoms with Crippen LogP contribution in [0.1, 0.15) is 31.3 Å². The molecule has 14 heavy (non-hydrogen) atoms. The van der Waals surface area contributed by atoms with Crippen LogP contribution in [0.15, 0.2) is 6.07 Å². The van der Waals surface area contributed by atoms with Crippen LogP contribution < -0.4 is 0 Å². The molecule has 0 atom stereocenters. The number of fused-ring (bicyclic) bond motifs is 1. The number of aryl methyl sites for hydroxylation is 2. The van der Waals surface area contributed by atoms with Crippen LogP contribution in [0.3, 0.4) is 0 Å². The second kappa shape index (κ2) is 2.83. The van der Waals surface area contributed by atoms with Gasteiger partial charge in [-0.1, -0.05) is 20.8 Å². The van der Waals surface area contributed by atoms with Crippen molar-refractivity contribution in [1.29, 1.82) is 0 Å². The molecule has 0 aliphatic rings. The molecule has 0 radical (unpaired) electrons. The van der Waals surface area contributed by atoms with Gasteiger partial charge in [0.15, 0.2) is 0 Å². The molecule has 76 valence electrons. The summed E-state index contributed by atoms with van der Waals surface area (Å²) in [5, 5.41) is 5.79. The SMILES string of the molecule is Cc1c2cc(C(C)(C)C)sc2nn1C. The quantitative estimate of drug-likeness (QED) is 0.650. The molecule has 0 bridgehead atoms. The van der Waals surface area contributed by atoms with Gasteiger partial charge in [-0.05, 0) is 18.4 Å². The smallest absolute Gasteiger partial charge is 0.146 e. The number of hydrogen-bond donors (Lipinski definition) is 0. The van der Waals surface area contributed by atoms with Gasteiger partial charge in [0.05, 0.1) is 0 Å². The molecule has 0 fully saturated rings. The van der Waals surface area contributed by atoms with E-state index < -0.39 is 0 Å². The Labute approximate surface area is 88.6 Å². The molecule has 0 unspecified atom stereocenters. The maximum atomic E-state index is 4.48. The summed E-state index contributed by atoms with van der Waals surface area (Å²) in [6.07, 6.45) is 0. The van der Waals surface area contributed by atoms with E-state index in [1.54, 1.807) is 0 Å². The van der Waals surface area contributed by atoms with Gasteiger partial charge in [-0.25, -0.2) is 0 Å². The van der Waals surface area contributed by atoms with Crippen molar-refractivity contribution in [1.82, 2.24) is 9.78 Å². The molecule has 3 heteroatoms. The van der Waals surface area contributed by atoms with Gasteiger partial charge in [-0.2, -0.15) is 5.10 Å². The highest BCUT2D eigenvalue weighted by molar-refractivity contribution is 7.18. The van der Waals surface area contributed by atoms with Gasteiger partial charge in [-0.3, -0.25) is 4.68 Å². The Balaban J connectivity index is 2.65. The lowest BCUT2D eigenvalue weighted by atomic mass is 9.94. The molecule has 2 aromatic heterocycles. The van der Waals surface area contributed by atoms with Crippen molar-refractivity contribution < 1.29 is 0 Å². The summed E-state index contributed by atoms with van der Waals surface area (Å²) in [6.45, 7) is 8.85. The molecule has 2 heterocycles. The standard InChI is InChI=1S/C11H16N2S/c1-7-8-6-9(11(2,3)4)14-10(8)12-13(7)5/h6H,1-5H3. The second-order valence-corrected chi connectivity index (χ2v) is 5.82. The Hall–Kier alpha value is -0.830. The normalized spacial score (nSPS) is 12.6. The average molecular weight is 208 g/mol. The third-order valence-electron chi connectivity index (χ3n) is 2.57. The molecule has 2 nitrogen and oxygen atoms in total. The number of hydrogen-bond acceptors (Lipinski definition) is 2. The molecule has 2 rings (SSSR count). The molecule has 0 aliphatic heterocycles. The first-order valence-electron chi connectivity index (χ1n) is 4.83. The average Bonchev–Trinajstić information content (AvgIpc) is 2.54.